The second-order valence-corrected chi connectivity index (χ2v) is 6.73. The number of hydrogen-bond donors (Lipinski definition) is 1. The largest absolute Gasteiger partial charge is 0.377 e. The van der Waals surface area contributed by atoms with Crippen LogP contribution in [0, 0.1) is 5.92 Å². The Morgan fingerprint density at radius 1 is 1.16 bits per heavy atom. The molecule has 3 nitrogen and oxygen atoms in total. The molecule has 2 saturated heterocycles. The molecule has 3 rings (SSSR count). The maximum absolute atomic E-state index is 5.75. The quantitative estimate of drug-likeness (QED) is 0.827. The van der Waals surface area contributed by atoms with E-state index in [2.05, 4.69) is 17.1 Å². The standard InChI is InChI=1S/C16H30N2O/c1-13(16-7-4-12-19-16)17-9-11-18-10-8-14-5-2-3-6-15(14)18/h13-17H,2-12H2,1H3. The predicted octanol–water partition coefficient (Wildman–Crippen LogP) is 2.41. The van der Waals surface area contributed by atoms with E-state index in [1.54, 1.807) is 0 Å². The molecule has 4 atom stereocenters. The van der Waals surface area contributed by atoms with Gasteiger partial charge >= 0.3 is 0 Å². The van der Waals surface area contributed by atoms with Crippen LogP contribution in [0.4, 0.5) is 0 Å². The van der Waals surface area contributed by atoms with Crippen molar-refractivity contribution >= 4 is 0 Å². The van der Waals surface area contributed by atoms with Crippen molar-refractivity contribution in [2.75, 3.05) is 26.2 Å². The number of rotatable bonds is 5. The van der Waals surface area contributed by atoms with Crippen LogP contribution in [0.2, 0.25) is 0 Å². The summed E-state index contributed by atoms with van der Waals surface area (Å²) in [4.78, 5) is 2.75. The predicted molar refractivity (Wildman–Crippen MR) is 78.4 cm³/mol. The van der Waals surface area contributed by atoms with Crippen molar-refractivity contribution in [2.45, 2.75) is 70.1 Å². The van der Waals surface area contributed by atoms with Gasteiger partial charge in [0.1, 0.15) is 0 Å². The van der Waals surface area contributed by atoms with Crippen LogP contribution in [0.1, 0.15) is 51.9 Å². The van der Waals surface area contributed by atoms with Crippen LogP contribution in [0.25, 0.3) is 0 Å². The van der Waals surface area contributed by atoms with Gasteiger partial charge in [-0.15, -0.1) is 0 Å². The van der Waals surface area contributed by atoms with Gasteiger partial charge in [-0.3, -0.25) is 4.90 Å². The average Bonchev–Trinajstić information content (AvgIpc) is 3.08. The summed E-state index contributed by atoms with van der Waals surface area (Å²) in [6.45, 7) is 6.95. The van der Waals surface area contributed by atoms with Crippen LogP contribution in [-0.4, -0.2) is 49.3 Å². The zero-order chi connectivity index (χ0) is 13.1. The molecule has 0 aromatic carbocycles. The molecule has 2 heterocycles. The molecule has 3 heteroatoms. The minimum atomic E-state index is 0.459. The van der Waals surface area contributed by atoms with Gasteiger partial charge < -0.3 is 10.1 Å². The average molecular weight is 266 g/mol. The van der Waals surface area contributed by atoms with Crippen LogP contribution < -0.4 is 5.32 Å². The summed E-state index contributed by atoms with van der Waals surface area (Å²) >= 11 is 0. The molecule has 0 amide bonds. The third-order valence-electron chi connectivity index (χ3n) is 5.51. The minimum Gasteiger partial charge on any atom is -0.377 e. The fourth-order valence-electron chi connectivity index (χ4n) is 4.34. The van der Waals surface area contributed by atoms with Gasteiger partial charge in [0.25, 0.3) is 0 Å². The van der Waals surface area contributed by atoms with E-state index >= 15 is 0 Å². The monoisotopic (exact) mass is 266 g/mol. The minimum absolute atomic E-state index is 0.459. The van der Waals surface area contributed by atoms with E-state index in [0.717, 1.165) is 25.1 Å². The Kier molecular flexibility index (Phi) is 4.78. The molecule has 3 aliphatic rings. The summed E-state index contributed by atoms with van der Waals surface area (Å²) < 4.78 is 5.75. The van der Waals surface area contributed by atoms with E-state index in [1.807, 2.05) is 0 Å². The van der Waals surface area contributed by atoms with Crippen LogP contribution in [0.5, 0.6) is 0 Å². The maximum Gasteiger partial charge on any atom is 0.0726 e. The van der Waals surface area contributed by atoms with Crippen molar-refractivity contribution in [3.8, 4) is 0 Å². The Morgan fingerprint density at radius 3 is 2.89 bits per heavy atom. The topological polar surface area (TPSA) is 24.5 Å². The molecule has 110 valence electrons. The van der Waals surface area contributed by atoms with Gasteiger partial charge in [0.2, 0.25) is 0 Å². The molecule has 4 unspecified atom stereocenters. The molecule has 0 bridgehead atoms. The highest BCUT2D eigenvalue weighted by atomic mass is 16.5. The van der Waals surface area contributed by atoms with Crippen molar-refractivity contribution in [3.05, 3.63) is 0 Å². The normalized spacial score (nSPS) is 37.4. The first-order valence-electron chi connectivity index (χ1n) is 8.43. The Bertz CT molecular complexity index is 278. The van der Waals surface area contributed by atoms with Crippen LogP contribution in [0.15, 0.2) is 0 Å². The van der Waals surface area contributed by atoms with Crippen molar-refractivity contribution in [3.63, 3.8) is 0 Å². The molecule has 19 heavy (non-hydrogen) atoms. The van der Waals surface area contributed by atoms with E-state index in [4.69, 9.17) is 4.74 Å². The van der Waals surface area contributed by atoms with Gasteiger partial charge in [0, 0.05) is 31.8 Å². The number of nitrogens with one attached hydrogen (secondary N) is 1. The fourth-order valence-corrected chi connectivity index (χ4v) is 4.34. The highest BCUT2D eigenvalue weighted by molar-refractivity contribution is 4.90. The molecule has 1 N–H and O–H groups in total. The van der Waals surface area contributed by atoms with E-state index < -0.39 is 0 Å². The molecule has 0 aromatic heterocycles. The van der Waals surface area contributed by atoms with Crippen molar-refractivity contribution < 1.29 is 4.74 Å². The first kappa shape index (κ1) is 13.8. The molecule has 3 fully saturated rings. The summed E-state index contributed by atoms with van der Waals surface area (Å²) in [5.74, 6) is 1.02. The molecule has 1 saturated carbocycles. The van der Waals surface area contributed by atoms with Crippen molar-refractivity contribution in [1.82, 2.24) is 10.2 Å². The summed E-state index contributed by atoms with van der Waals surface area (Å²) in [6.07, 6.45) is 10.3. The van der Waals surface area contributed by atoms with E-state index in [1.165, 1.54) is 58.0 Å². The van der Waals surface area contributed by atoms with Crippen molar-refractivity contribution in [2.24, 2.45) is 5.92 Å². The third-order valence-corrected chi connectivity index (χ3v) is 5.51. The Balaban J connectivity index is 1.37. The summed E-state index contributed by atoms with van der Waals surface area (Å²) in [5.41, 5.74) is 0. The molecule has 1 aliphatic carbocycles. The lowest BCUT2D eigenvalue weighted by atomic mass is 9.85. The molecule has 0 radical (unpaired) electrons. The zero-order valence-corrected chi connectivity index (χ0v) is 12.4. The highest BCUT2D eigenvalue weighted by Gasteiger charge is 2.35. The van der Waals surface area contributed by atoms with Gasteiger partial charge in [-0.1, -0.05) is 12.8 Å². The molecular formula is C16H30N2O. The Hall–Kier alpha value is -0.120. The second kappa shape index (κ2) is 6.55. The molecule has 2 aliphatic heterocycles. The number of likely N-dealkylation sites (tertiary alicyclic amines) is 1. The SMILES string of the molecule is CC(NCCN1CCC2CCCCC21)C1CCCO1. The van der Waals surface area contributed by atoms with E-state index in [0.29, 0.717) is 12.1 Å². The molecule has 0 spiro atoms. The van der Waals surface area contributed by atoms with Crippen LogP contribution in [-0.2, 0) is 4.74 Å². The number of hydrogen-bond acceptors (Lipinski definition) is 3. The number of fused-ring (bicyclic) bond motifs is 1. The zero-order valence-electron chi connectivity index (χ0n) is 12.4. The Labute approximate surface area is 118 Å². The first-order valence-corrected chi connectivity index (χ1v) is 8.43. The highest BCUT2D eigenvalue weighted by Crippen LogP contribution is 2.35. The molecular weight excluding hydrogens is 236 g/mol. The second-order valence-electron chi connectivity index (χ2n) is 6.73. The van der Waals surface area contributed by atoms with E-state index in [9.17, 15) is 0 Å². The van der Waals surface area contributed by atoms with Crippen LogP contribution >= 0.6 is 0 Å². The van der Waals surface area contributed by atoms with Gasteiger partial charge in [0.05, 0.1) is 6.10 Å². The third kappa shape index (κ3) is 3.32. The summed E-state index contributed by atoms with van der Waals surface area (Å²) in [6, 6.07) is 1.43. The number of nitrogens with zero attached hydrogens (tertiary/aromatic N) is 1. The van der Waals surface area contributed by atoms with E-state index in [-0.39, 0.29) is 0 Å². The van der Waals surface area contributed by atoms with Gasteiger partial charge in [0.15, 0.2) is 0 Å². The van der Waals surface area contributed by atoms with Gasteiger partial charge in [-0.05, 0) is 51.5 Å². The lowest BCUT2D eigenvalue weighted by Crippen LogP contribution is -2.43. The molecule has 0 aromatic rings. The summed E-state index contributed by atoms with van der Waals surface area (Å²) in [5, 5.41) is 3.68. The fraction of sp³-hybridized carbons (Fsp3) is 1.00. The Morgan fingerprint density at radius 2 is 2.05 bits per heavy atom. The smallest absolute Gasteiger partial charge is 0.0726 e. The summed E-state index contributed by atoms with van der Waals surface area (Å²) in [7, 11) is 0. The van der Waals surface area contributed by atoms with Gasteiger partial charge in [-0.25, -0.2) is 0 Å². The lowest BCUT2D eigenvalue weighted by molar-refractivity contribution is 0.0818. The van der Waals surface area contributed by atoms with Gasteiger partial charge in [-0.2, -0.15) is 0 Å². The maximum atomic E-state index is 5.75. The van der Waals surface area contributed by atoms with Crippen molar-refractivity contribution in [1.29, 1.82) is 0 Å². The lowest BCUT2D eigenvalue weighted by Gasteiger charge is -2.32. The first-order chi connectivity index (χ1) is 9.34. The van der Waals surface area contributed by atoms with Crippen LogP contribution in [0.3, 0.4) is 0 Å². The number of ether oxygens (including phenoxy) is 1.